The van der Waals surface area contributed by atoms with Crippen LogP contribution in [0.15, 0.2) is 65.6 Å². The number of fused-ring (bicyclic) bond motifs is 1. The van der Waals surface area contributed by atoms with Crippen molar-refractivity contribution >= 4 is 39.4 Å². The lowest BCUT2D eigenvalue weighted by Gasteiger charge is -2.31. The highest BCUT2D eigenvalue weighted by Gasteiger charge is 2.26. The van der Waals surface area contributed by atoms with Crippen LogP contribution in [0.3, 0.4) is 0 Å². The van der Waals surface area contributed by atoms with E-state index in [9.17, 15) is 13.8 Å². The van der Waals surface area contributed by atoms with Crippen molar-refractivity contribution in [1.82, 2.24) is 19.1 Å². The molecule has 0 spiro atoms. The first kappa shape index (κ1) is 25.7. The van der Waals surface area contributed by atoms with Crippen molar-refractivity contribution in [2.24, 2.45) is 11.7 Å². The molecule has 1 unspecified atom stereocenters. The van der Waals surface area contributed by atoms with Crippen molar-refractivity contribution in [3.63, 3.8) is 0 Å². The van der Waals surface area contributed by atoms with Crippen LogP contribution >= 0.6 is 0 Å². The molecule has 1 fully saturated rings. The summed E-state index contributed by atoms with van der Waals surface area (Å²) in [6.45, 7) is 6.04. The highest BCUT2D eigenvalue weighted by atomic mass is 32.2. The normalized spacial score (nSPS) is 15.4. The lowest BCUT2D eigenvalue weighted by molar-refractivity contribution is 0.0996. The van der Waals surface area contributed by atoms with Gasteiger partial charge >= 0.3 is 0 Å². The minimum Gasteiger partial charge on any atom is -0.364 e. The van der Waals surface area contributed by atoms with Crippen LogP contribution < -0.4 is 11.1 Å². The molecule has 0 saturated carbocycles. The lowest BCUT2D eigenvalue weighted by Crippen LogP contribution is -2.36. The number of nitrogens with two attached hydrogens (primary N) is 1. The van der Waals surface area contributed by atoms with Gasteiger partial charge in [-0.2, -0.15) is 5.10 Å². The van der Waals surface area contributed by atoms with Gasteiger partial charge in [-0.25, -0.2) is 13.5 Å². The van der Waals surface area contributed by atoms with Crippen LogP contribution in [0.4, 0.5) is 5.69 Å². The molecular weight excluding hydrogens is 500 g/mol. The molecule has 0 bridgehead atoms. The number of amides is 2. The number of aromatic nitrogens is 3. The van der Waals surface area contributed by atoms with Crippen molar-refractivity contribution in [3.8, 4) is 0 Å². The Morgan fingerprint density at radius 3 is 2.45 bits per heavy atom. The maximum atomic E-state index is 13.4. The third-order valence-electron chi connectivity index (χ3n) is 7.02. The standard InChI is InChI=1S/C28H30N6O3S/c1-18-26(31-28(36)23-16-25(27(29)35)30-24-11-7-6-10-22(23)24)19(2)34(32-18)17-20-12-14-33(15-13-20)38(37)21-8-4-3-5-9-21/h3-11,16,20H,12-15,17H2,1-2H3,(H2,29,35)(H,31,36). The van der Waals surface area contributed by atoms with Crippen molar-refractivity contribution in [3.05, 3.63) is 83.3 Å². The van der Waals surface area contributed by atoms with E-state index in [-0.39, 0.29) is 11.6 Å². The van der Waals surface area contributed by atoms with Crippen LogP contribution in [0, 0.1) is 19.8 Å². The fraction of sp³-hybridized carbons (Fsp3) is 0.286. The number of nitrogens with one attached hydrogen (secondary N) is 1. The van der Waals surface area contributed by atoms with Gasteiger partial charge in [0, 0.05) is 25.0 Å². The van der Waals surface area contributed by atoms with Crippen LogP contribution in [-0.4, -0.2) is 48.2 Å². The van der Waals surface area contributed by atoms with E-state index in [4.69, 9.17) is 10.8 Å². The first-order valence-corrected chi connectivity index (χ1v) is 13.7. The average molecular weight is 531 g/mol. The predicted octanol–water partition coefficient (Wildman–Crippen LogP) is 3.83. The molecule has 9 nitrogen and oxygen atoms in total. The summed E-state index contributed by atoms with van der Waals surface area (Å²) in [5, 5.41) is 8.34. The van der Waals surface area contributed by atoms with Gasteiger partial charge in [0.05, 0.1) is 33.1 Å². The molecule has 0 radical (unpaired) electrons. The monoisotopic (exact) mass is 530 g/mol. The van der Waals surface area contributed by atoms with Gasteiger partial charge in [0.25, 0.3) is 11.8 Å². The van der Waals surface area contributed by atoms with Crippen LogP contribution in [0.25, 0.3) is 10.9 Å². The number of carbonyl (C=O) groups excluding carboxylic acids is 2. The predicted molar refractivity (Wildman–Crippen MR) is 147 cm³/mol. The Hall–Kier alpha value is -3.89. The molecule has 4 aromatic rings. The minimum absolute atomic E-state index is 0.0394. The number of pyridine rings is 1. The first-order valence-electron chi connectivity index (χ1n) is 12.6. The Bertz CT molecular complexity index is 1530. The summed E-state index contributed by atoms with van der Waals surface area (Å²) in [6.07, 6.45) is 1.83. The molecule has 3 heterocycles. The number of para-hydroxylation sites is 1. The van der Waals surface area contributed by atoms with Crippen LogP contribution in [0.2, 0.25) is 0 Å². The number of rotatable bonds is 7. The third-order valence-corrected chi connectivity index (χ3v) is 8.53. The van der Waals surface area contributed by atoms with E-state index in [0.29, 0.717) is 33.8 Å². The van der Waals surface area contributed by atoms with Crippen molar-refractivity contribution < 1.29 is 13.8 Å². The Labute approximate surface area is 223 Å². The fourth-order valence-corrected chi connectivity index (χ4v) is 6.14. The van der Waals surface area contributed by atoms with Crippen LogP contribution in [0.1, 0.15) is 45.1 Å². The average Bonchev–Trinajstić information content (AvgIpc) is 3.20. The Balaban J connectivity index is 1.29. The van der Waals surface area contributed by atoms with Gasteiger partial charge in [-0.1, -0.05) is 36.4 Å². The van der Waals surface area contributed by atoms with E-state index in [1.54, 1.807) is 18.2 Å². The second kappa shape index (κ2) is 10.8. The van der Waals surface area contributed by atoms with Crippen molar-refractivity contribution in [2.75, 3.05) is 18.4 Å². The number of anilines is 1. The zero-order valence-electron chi connectivity index (χ0n) is 21.4. The summed E-state index contributed by atoms with van der Waals surface area (Å²) >= 11 is 0. The fourth-order valence-electron chi connectivity index (χ4n) is 4.91. The molecule has 1 saturated heterocycles. The SMILES string of the molecule is Cc1nn(CC2CCN(S(=O)c3ccccc3)CC2)c(C)c1NC(=O)c1cc(C(N)=O)nc2ccccc12. The number of carbonyl (C=O) groups is 2. The van der Waals surface area contributed by atoms with Gasteiger partial charge in [-0.05, 0) is 56.9 Å². The molecule has 38 heavy (non-hydrogen) atoms. The summed E-state index contributed by atoms with van der Waals surface area (Å²) in [7, 11) is -1.15. The van der Waals surface area contributed by atoms with E-state index < -0.39 is 16.9 Å². The summed E-state index contributed by atoms with van der Waals surface area (Å²) < 4.78 is 16.8. The zero-order chi connectivity index (χ0) is 26.8. The number of hydrogen-bond acceptors (Lipinski definition) is 5. The molecule has 3 N–H and O–H groups in total. The maximum Gasteiger partial charge on any atom is 0.267 e. The number of hydrogen-bond donors (Lipinski definition) is 2. The van der Waals surface area contributed by atoms with Crippen LogP contribution in [0.5, 0.6) is 0 Å². The van der Waals surface area contributed by atoms with Crippen molar-refractivity contribution in [2.45, 2.75) is 38.1 Å². The summed E-state index contributed by atoms with van der Waals surface area (Å²) in [6, 6.07) is 18.1. The molecule has 1 aliphatic heterocycles. The van der Waals surface area contributed by atoms with Gasteiger partial charge in [-0.15, -0.1) is 0 Å². The quantitative estimate of drug-likeness (QED) is 0.376. The molecule has 2 aromatic heterocycles. The molecule has 196 valence electrons. The van der Waals surface area contributed by atoms with Gasteiger partial charge in [0.1, 0.15) is 16.7 Å². The third kappa shape index (κ3) is 5.23. The Kier molecular flexibility index (Phi) is 7.35. The second-order valence-electron chi connectivity index (χ2n) is 9.55. The molecule has 1 aliphatic rings. The van der Waals surface area contributed by atoms with Gasteiger partial charge in [0.15, 0.2) is 0 Å². The van der Waals surface area contributed by atoms with Gasteiger partial charge in [-0.3, -0.25) is 14.3 Å². The summed E-state index contributed by atoms with van der Waals surface area (Å²) in [5.41, 5.74) is 8.58. The van der Waals surface area contributed by atoms with E-state index >= 15 is 0 Å². The molecular formula is C28H30N6O3S. The highest BCUT2D eigenvalue weighted by molar-refractivity contribution is 7.82. The number of piperidine rings is 1. The molecule has 1 atom stereocenters. The largest absolute Gasteiger partial charge is 0.364 e. The van der Waals surface area contributed by atoms with E-state index in [0.717, 1.165) is 43.1 Å². The topological polar surface area (TPSA) is 123 Å². The van der Waals surface area contributed by atoms with E-state index in [1.807, 2.05) is 59.2 Å². The smallest absolute Gasteiger partial charge is 0.267 e. The zero-order valence-corrected chi connectivity index (χ0v) is 22.2. The van der Waals surface area contributed by atoms with E-state index in [1.165, 1.54) is 6.07 Å². The molecule has 5 rings (SSSR count). The highest BCUT2D eigenvalue weighted by Crippen LogP contribution is 2.27. The van der Waals surface area contributed by atoms with Gasteiger partial charge in [0.2, 0.25) is 0 Å². The van der Waals surface area contributed by atoms with E-state index in [2.05, 4.69) is 10.3 Å². The summed E-state index contributed by atoms with van der Waals surface area (Å²) in [4.78, 5) is 30.3. The van der Waals surface area contributed by atoms with Crippen LogP contribution in [-0.2, 0) is 17.5 Å². The molecule has 0 aliphatic carbocycles. The lowest BCUT2D eigenvalue weighted by atomic mass is 9.98. The molecule has 2 aromatic carbocycles. The second-order valence-corrected chi connectivity index (χ2v) is 11.0. The number of nitrogens with zero attached hydrogens (tertiary/aromatic N) is 4. The molecule has 10 heteroatoms. The maximum absolute atomic E-state index is 13.4. The Morgan fingerprint density at radius 2 is 1.74 bits per heavy atom. The van der Waals surface area contributed by atoms with Gasteiger partial charge < -0.3 is 11.1 Å². The number of benzene rings is 2. The number of primary amides is 1. The summed E-state index contributed by atoms with van der Waals surface area (Å²) in [5.74, 6) is -0.653. The Morgan fingerprint density at radius 1 is 1.05 bits per heavy atom. The minimum atomic E-state index is -1.15. The first-order chi connectivity index (χ1) is 18.3. The number of aryl methyl sites for hydroxylation is 1. The molecule has 2 amide bonds. The van der Waals surface area contributed by atoms with Crippen molar-refractivity contribution in [1.29, 1.82) is 0 Å².